The summed E-state index contributed by atoms with van der Waals surface area (Å²) in [5, 5.41) is 1.91. The largest absolute Gasteiger partial charge is 0.289 e. The van der Waals surface area contributed by atoms with Gasteiger partial charge in [0.05, 0.1) is 0 Å². The van der Waals surface area contributed by atoms with Crippen molar-refractivity contribution < 1.29 is 0 Å². The third-order valence-electron chi connectivity index (χ3n) is 1.94. The highest BCUT2D eigenvalue weighted by atomic mass is 16.1. The second kappa shape index (κ2) is 1.69. The number of fused-ring (bicyclic) bond motifs is 1. The van der Waals surface area contributed by atoms with Gasteiger partial charge in [-0.05, 0) is 12.0 Å². The molecule has 0 saturated carbocycles. The molecule has 50 valence electrons. The zero-order valence-corrected chi connectivity index (χ0v) is 5.85. The molecule has 2 rings (SSSR count). The fourth-order valence-corrected chi connectivity index (χ4v) is 1.30. The molecule has 0 atom stereocenters. The van der Waals surface area contributed by atoms with Crippen molar-refractivity contribution in [2.24, 2.45) is 0 Å². The van der Waals surface area contributed by atoms with Gasteiger partial charge in [0.25, 0.3) is 0 Å². The molecule has 0 bridgehead atoms. The van der Waals surface area contributed by atoms with Crippen LogP contribution in [0.3, 0.4) is 0 Å². The summed E-state index contributed by atoms with van der Waals surface area (Å²) in [4.78, 5) is 10.9. The molecular formula is C9H8O. The van der Waals surface area contributed by atoms with Crippen molar-refractivity contribution in [3.8, 4) is 0 Å². The van der Waals surface area contributed by atoms with Crippen LogP contribution in [-0.4, -0.2) is 0 Å². The number of hydrogen-bond donors (Lipinski definition) is 0. The van der Waals surface area contributed by atoms with E-state index < -0.39 is 0 Å². The molecule has 2 aromatic carbocycles. The van der Waals surface area contributed by atoms with Crippen LogP contribution in [0.15, 0.2) is 23.0 Å². The Morgan fingerprint density at radius 3 is 2.80 bits per heavy atom. The maximum atomic E-state index is 10.9. The van der Waals surface area contributed by atoms with Gasteiger partial charge in [0, 0.05) is 10.8 Å². The standard InChI is InChI=1S/C9H8O/c1-2-6-4-3-5-7-8(6)9(7)10/h3-5H,2H2,1H3. The van der Waals surface area contributed by atoms with E-state index in [1.54, 1.807) is 0 Å². The van der Waals surface area contributed by atoms with Crippen LogP contribution in [0.5, 0.6) is 0 Å². The lowest BCUT2D eigenvalue weighted by Crippen LogP contribution is -1.76. The van der Waals surface area contributed by atoms with Crippen molar-refractivity contribution in [2.45, 2.75) is 13.3 Å². The van der Waals surface area contributed by atoms with Gasteiger partial charge in [0.1, 0.15) is 0 Å². The molecule has 2 aromatic rings. The Balaban J connectivity index is 2.76. The summed E-state index contributed by atoms with van der Waals surface area (Å²) in [5.74, 6) is 0. The molecule has 0 spiro atoms. The van der Waals surface area contributed by atoms with E-state index in [1.807, 2.05) is 18.2 Å². The van der Waals surface area contributed by atoms with Gasteiger partial charge in [-0.2, -0.15) is 0 Å². The molecule has 0 aliphatic rings. The predicted molar refractivity (Wildman–Crippen MR) is 42.0 cm³/mol. The highest BCUT2D eigenvalue weighted by Gasteiger charge is 2.13. The molecule has 0 radical (unpaired) electrons. The second-order valence-electron chi connectivity index (χ2n) is 2.52. The number of rotatable bonds is 1. The maximum absolute atomic E-state index is 10.9. The number of hydrogen-bond acceptors (Lipinski definition) is 1. The quantitative estimate of drug-likeness (QED) is 0.576. The minimum absolute atomic E-state index is 0.252. The summed E-state index contributed by atoms with van der Waals surface area (Å²) in [6, 6.07) is 5.85. The lowest BCUT2D eigenvalue weighted by molar-refractivity contribution is 1.16. The molecule has 0 unspecified atom stereocenters. The molecule has 0 saturated heterocycles. The molecule has 0 amide bonds. The Morgan fingerprint density at radius 1 is 1.40 bits per heavy atom. The topological polar surface area (TPSA) is 17.1 Å². The van der Waals surface area contributed by atoms with Gasteiger partial charge in [0.2, 0.25) is 0 Å². The van der Waals surface area contributed by atoms with E-state index in [2.05, 4.69) is 6.92 Å². The average Bonchev–Trinajstić information content (AvgIpc) is 2.63. The third-order valence-corrected chi connectivity index (χ3v) is 1.94. The van der Waals surface area contributed by atoms with E-state index in [4.69, 9.17) is 0 Å². The van der Waals surface area contributed by atoms with E-state index in [0.29, 0.717) is 0 Å². The second-order valence-corrected chi connectivity index (χ2v) is 2.52. The normalized spacial score (nSPS) is 11.3. The fraction of sp³-hybridized carbons (Fsp3) is 0.222. The van der Waals surface area contributed by atoms with Crippen LogP contribution >= 0.6 is 0 Å². The van der Waals surface area contributed by atoms with Crippen molar-refractivity contribution >= 4 is 10.8 Å². The van der Waals surface area contributed by atoms with Crippen molar-refractivity contribution in [2.75, 3.05) is 0 Å². The Kier molecular flexibility index (Phi) is 0.956. The highest BCUT2D eigenvalue weighted by molar-refractivity contribution is 5.99. The summed E-state index contributed by atoms with van der Waals surface area (Å²) in [6.07, 6.45) is 0.967. The van der Waals surface area contributed by atoms with Gasteiger partial charge in [-0.3, -0.25) is 4.79 Å². The Morgan fingerprint density at radius 2 is 2.20 bits per heavy atom. The Labute approximate surface area is 59.0 Å². The molecule has 1 nitrogen and oxygen atoms in total. The molecule has 0 aliphatic heterocycles. The monoisotopic (exact) mass is 132 g/mol. The first-order chi connectivity index (χ1) is 4.84. The Bertz CT molecular complexity index is 378. The van der Waals surface area contributed by atoms with E-state index in [0.717, 1.165) is 17.2 Å². The van der Waals surface area contributed by atoms with Crippen LogP contribution in [0, 0.1) is 0 Å². The van der Waals surface area contributed by atoms with Gasteiger partial charge >= 0.3 is 0 Å². The van der Waals surface area contributed by atoms with Crippen LogP contribution in [0.25, 0.3) is 10.8 Å². The lowest BCUT2D eigenvalue weighted by atomic mass is 10.2. The molecule has 0 fully saturated rings. The lowest BCUT2D eigenvalue weighted by Gasteiger charge is -1.87. The first-order valence-electron chi connectivity index (χ1n) is 3.51. The molecule has 10 heavy (non-hydrogen) atoms. The van der Waals surface area contributed by atoms with Crippen LogP contribution in [0.2, 0.25) is 0 Å². The van der Waals surface area contributed by atoms with E-state index in [9.17, 15) is 4.79 Å². The molecule has 0 heterocycles. The van der Waals surface area contributed by atoms with Crippen molar-refractivity contribution in [3.05, 3.63) is 34.0 Å². The van der Waals surface area contributed by atoms with Gasteiger partial charge < -0.3 is 0 Å². The average molecular weight is 132 g/mol. The van der Waals surface area contributed by atoms with Crippen LogP contribution in [0.4, 0.5) is 0 Å². The van der Waals surface area contributed by atoms with Crippen molar-refractivity contribution in [3.63, 3.8) is 0 Å². The third kappa shape index (κ3) is 0.548. The van der Waals surface area contributed by atoms with Crippen LogP contribution in [0.1, 0.15) is 12.5 Å². The fourth-order valence-electron chi connectivity index (χ4n) is 1.30. The summed E-state index contributed by atoms with van der Waals surface area (Å²) in [7, 11) is 0. The molecule has 0 aromatic heterocycles. The number of aryl methyl sites for hydroxylation is 1. The van der Waals surface area contributed by atoms with E-state index >= 15 is 0 Å². The zero-order valence-electron chi connectivity index (χ0n) is 5.85. The zero-order chi connectivity index (χ0) is 7.14. The first-order valence-corrected chi connectivity index (χ1v) is 3.51. The van der Waals surface area contributed by atoms with Gasteiger partial charge in [-0.1, -0.05) is 25.1 Å². The first kappa shape index (κ1) is 5.66. The van der Waals surface area contributed by atoms with Gasteiger partial charge in [-0.25, -0.2) is 0 Å². The number of benzene rings is 1. The summed E-state index contributed by atoms with van der Waals surface area (Å²) in [6.45, 7) is 2.07. The van der Waals surface area contributed by atoms with Crippen LogP contribution < -0.4 is 5.43 Å². The summed E-state index contributed by atoms with van der Waals surface area (Å²) in [5.41, 5.74) is 1.45. The smallest absolute Gasteiger partial charge is 0.194 e. The minimum atomic E-state index is 0.252. The van der Waals surface area contributed by atoms with Gasteiger partial charge in [0.15, 0.2) is 5.43 Å². The molecule has 0 aliphatic carbocycles. The molecule has 0 N–H and O–H groups in total. The van der Waals surface area contributed by atoms with E-state index in [-0.39, 0.29) is 5.43 Å². The molecular weight excluding hydrogens is 124 g/mol. The van der Waals surface area contributed by atoms with Gasteiger partial charge in [-0.15, -0.1) is 0 Å². The Hall–Kier alpha value is -1.11. The minimum Gasteiger partial charge on any atom is -0.289 e. The van der Waals surface area contributed by atoms with Crippen molar-refractivity contribution in [1.29, 1.82) is 0 Å². The maximum Gasteiger partial charge on any atom is 0.194 e. The summed E-state index contributed by atoms with van der Waals surface area (Å²) >= 11 is 0. The summed E-state index contributed by atoms with van der Waals surface area (Å²) < 4.78 is 0. The molecule has 1 heteroatoms. The van der Waals surface area contributed by atoms with Crippen molar-refractivity contribution in [1.82, 2.24) is 0 Å². The predicted octanol–water partition coefficient (Wildman–Crippen LogP) is 1.64. The SMILES string of the molecule is CCc1cccc2c(=O)c12. The highest BCUT2D eigenvalue weighted by Crippen LogP contribution is 2.19. The van der Waals surface area contributed by atoms with E-state index in [1.165, 1.54) is 5.56 Å². The van der Waals surface area contributed by atoms with Crippen LogP contribution in [-0.2, 0) is 6.42 Å².